The number of aromatic nitrogens is 3. The lowest BCUT2D eigenvalue weighted by atomic mass is 10.2. The Labute approximate surface area is 204 Å². The van der Waals surface area contributed by atoms with Crippen molar-refractivity contribution in [3.8, 4) is 23.0 Å². The van der Waals surface area contributed by atoms with Gasteiger partial charge in [0.2, 0.25) is 5.95 Å². The maximum Gasteiger partial charge on any atom is 0.272 e. The van der Waals surface area contributed by atoms with E-state index in [9.17, 15) is 4.79 Å². The molecule has 0 fully saturated rings. The Morgan fingerprint density at radius 2 is 1.71 bits per heavy atom. The Morgan fingerprint density at radius 1 is 1.00 bits per heavy atom. The first-order valence-corrected chi connectivity index (χ1v) is 11.3. The number of amides is 1. The first kappa shape index (κ1) is 23.9. The maximum atomic E-state index is 12.6. The van der Waals surface area contributed by atoms with Crippen LogP contribution in [-0.2, 0) is 7.05 Å². The number of anilines is 2. The third-order valence-electron chi connectivity index (χ3n) is 5.55. The molecule has 0 aliphatic rings. The number of imidazole rings is 1. The smallest absolute Gasteiger partial charge is 0.272 e. The highest BCUT2D eigenvalue weighted by Gasteiger charge is 2.14. The molecule has 35 heavy (non-hydrogen) atoms. The first-order valence-electron chi connectivity index (χ1n) is 11.3. The van der Waals surface area contributed by atoms with Crippen molar-refractivity contribution in [3.05, 3.63) is 60.4 Å². The van der Waals surface area contributed by atoms with Crippen LogP contribution in [0.15, 0.2) is 54.7 Å². The van der Waals surface area contributed by atoms with Gasteiger partial charge in [0, 0.05) is 62.9 Å². The number of pyridine rings is 1. The van der Waals surface area contributed by atoms with Gasteiger partial charge in [0.1, 0.15) is 28.7 Å². The number of nitrogens with zero attached hydrogens (tertiary/aromatic N) is 4. The van der Waals surface area contributed by atoms with Crippen LogP contribution < -0.4 is 19.5 Å². The average molecular weight is 476 g/mol. The molecule has 9 nitrogen and oxygen atoms in total. The van der Waals surface area contributed by atoms with Crippen LogP contribution in [0.2, 0.25) is 0 Å². The largest absolute Gasteiger partial charge is 0.497 e. The highest BCUT2D eigenvalue weighted by Crippen LogP contribution is 2.31. The molecule has 2 heterocycles. The van der Waals surface area contributed by atoms with E-state index in [1.54, 1.807) is 44.5 Å². The van der Waals surface area contributed by atoms with Crippen LogP contribution in [0.5, 0.6) is 23.0 Å². The van der Waals surface area contributed by atoms with Crippen LogP contribution in [-0.4, -0.2) is 53.2 Å². The molecule has 0 atom stereocenters. The van der Waals surface area contributed by atoms with Gasteiger partial charge in [-0.3, -0.25) is 9.78 Å². The zero-order chi connectivity index (χ0) is 24.9. The number of rotatable bonds is 9. The van der Waals surface area contributed by atoms with Gasteiger partial charge in [-0.1, -0.05) is 6.92 Å². The van der Waals surface area contributed by atoms with Crippen LogP contribution >= 0.6 is 0 Å². The Bertz CT molecular complexity index is 1330. The molecule has 0 bridgehead atoms. The molecule has 2 aromatic heterocycles. The second-order valence-corrected chi connectivity index (χ2v) is 8.08. The Balaban J connectivity index is 1.57. The van der Waals surface area contributed by atoms with Crippen LogP contribution in [0.4, 0.5) is 11.6 Å². The van der Waals surface area contributed by atoms with Crippen molar-refractivity contribution in [1.29, 1.82) is 0 Å². The molecule has 0 aliphatic heterocycles. The number of methoxy groups -OCH3 is 2. The summed E-state index contributed by atoms with van der Waals surface area (Å²) in [7, 11) is 6.92. The lowest BCUT2D eigenvalue weighted by molar-refractivity contribution is 0.0789. The van der Waals surface area contributed by atoms with Crippen molar-refractivity contribution in [1.82, 2.24) is 19.4 Å². The number of carbonyl (C=O) groups is 1. The number of aryl methyl sites for hydroxylation is 1. The molecule has 1 amide bonds. The quantitative estimate of drug-likeness (QED) is 0.364. The molecule has 0 unspecified atom stereocenters. The molecule has 182 valence electrons. The lowest BCUT2D eigenvalue weighted by Crippen LogP contribution is -2.28. The Kier molecular flexibility index (Phi) is 7.05. The van der Waals surface area contributed by atoms with Gasteiger partial charge in [-0.15, -0.1) is 0 Å². The summed E-state index contributed by atoms with van der Waals surface area (Å²) in [4.78, 5) is 23.1. The minimum absolute atomic E-state index is 0.137. The highest BCUT2D eigenvalue weighted by molar-refractivity contribution is 5.92. The monoisotopic (exact) mass is 475 g/mol. The molecule has 0 saturated heterocycles. The van der Waals surface area contributed by atoms with Gasteiger partial charge < -0.3 is 29.0 Å². The van der Waals surface area contributed by atoms with E-state index in [-0.39, 0.29) is 5.91 Å². The summed E-state index contributed by atoms with van der Waals surface area (Å²) < 4.78 is 18.7. The molecular formula is C26H29N5O4. The number of hydrogen-bond acceptors (Lipinski definition) is 7. The van der Waals surface area contributed by atoms with E-state index in [0.717, 1.165) is 23.1 Å². The fraction of sp³-hybridized carbons (Fsp3) is 0.269. The number of nitrogens with one attached hydrogen (secondary N) is 1. The van der Waals surface area contributed by atoms with E-state index in [1.807, 2.05) is 54.9 Å². The summed E-state index contributed by atoms with van der Waals surface area (Å²) in [5, 5.41) is 3.32. The topological polar surface area (TPSA) is 90.7 Å². The van der Waals surface area contributed by atoms with E-state index in [0.29, 0.717) is 41.2 Å². The summed E-state index contributed by atoms with van der Waals surface area (Å²) in [6.45, 7) is 2.69. The average Bonchev–Trinajstić information content (AvgIpc) is 3.17. The van der Waals surface area contributed by atoms with E-state index in [4.69, 9.17) is 19.2 Å². The summed E-state index contributed by atoms with van der Waals surface area (Å²) >= 11 is 0. The molecule has 0 radical (unpaired) electrons. The summed E-state index contributed by atoms with van der Waals surface area (Å²) in [5.41, 5.74) is 2.83. The van der Waals surface area contributed by atoms with Crippen molar-refractivity contribution in [3.63, 3.8) is 0 Å². The third-order valence-corrected chi connectivity index (χ3v) is 5.55. The van der Waals surface area contributed by atoms with Gasteiger partial charge in [0.15, 0.2) is 0 Å². The van der Waals surface area contributed by atoms with Crippen LogP contribution in [0.3, 0.4) is 0 Å². The van der Waals surface area contributed by atoms with Gasteiger partial charge in [0.05, 0.1) is 25.3 Å². The number of benzene rings is 2. The molecule has 0 spiro atoms. The highest BCUT2D eigenvalue weighted by atomic mass is 16.5. The second kappa shape index (κ2) is 10.3. The maximum absolute atomic E-state index is 12.6. The summed E-state index contributed by atoms with van der Waals surface area (Å²) in [6.07, 6.45) is 2.46. The van der Waals surface area contributed by atoms with E-state index < -0.39 is 0 Å². The van der Waals surface area contributed by atoms with Gasteiger partial charge in [-0.25, -0.2) is 4.98 Å². The molecule has 1 N–H and O–H groups in total. The van der Waals surface area contributed by atoms with Crippen molar-refractivity contribution >= 4 is 28.6 Å². The SMILES string of the molecule is CCCN(C)C(=O)c1cc(Oc2ccc3c(c2)nc(Nc2cc(OC)cc(OC)c2)n3C)ccn1. The van der Waals surface area contributed by atoms with Crippen molar-refractivity contribution in [2.24, 2.45) is 7.05 Å². The Hall–Kier alpha value is -4.27. The standard InChI is InChI=1S/C26H29N5O4/c1-6-11-30(2)25(32)23-16-19(9-10-27-23)35-18-7-8-24-22(15-18)29-26(31(24)3)28-17-12-20(33-4)14-21(13-17)34-5/h7-10,12-16H,6,11H2,1-5H3,(H,28,29). The molecular weight excluding hydrogens is 446 g/mol. The molecule has 0 aliphatic carbocycles. The first-order chi connectivity index (χ1) is 16.9. The van der Waals surface area contributed by atoms with Gasteiger partial charge >= 0.3 is 0 Å². The molecule has 9 heteroatoms. The second-order valence-electron chi connectivity index (χ2n) is 8.08. The third kappa shape index (κ3) is 5.29. The molecule has 0 saturated carbocycles. The number of carbonyl (C=O) groups excluding carboxylic acids is 1. The van der Waals surface area contributed by atoms with Crippen molar-refractivity contribution < 1.29 is 19.0 Å². The predicted octanol–water partition coefficient (Wildman–Crippen LogP) is 5.00. The fourth-order valence-electron chi connectivity index (χ4n) is 3.72. The number of ether oxygens (including phenoxy) is 3. The van der Waals surface area contributed by atoms with E-state index >= 15 is 0 Å². The predicted molar refractivity (Wildman–Crippen MR) is 135 cm³/mol. The van der Waals surface area contributed by atoms with Gasteiger partial charge in [0.25, 0.3) is 5.91 Å². The minimum Gasteiger partial charge on any atom is -0.497 e. The summed E-state index contributed by atoms with van der Waals surface area (Å²) in [6, 6.07) is 14.6. The number of hydrogen-bond donors (Lipinski definition) is 1. The van der Waals surface area contributed by atoms with E-state index in [2.05, 4.69) is 10.3 Å². The molecule has 4 aromatic rings. The van der Waals surface area contributed by atoms with Crippen molar-refractivity contribution in [2.45, 2.75) is 13.3 Å². The minimum atomic E-state index is -0.137. The van der Waals surface area contributed by atoms with E-state index in [1.165, 1.54) is 0 Å². The van der Waals surface area contributed by atoms with Gasteiger partial charge in [-0.2, -0.15) is 0 Å². The van der Waals surface area contributed by atoms with Crippen molar-refractivity contribution in [2.75, 3.05) is 33.1 Å². The van der Waals surface area contributed by atoms with Crippen LogP contribution in [0.1, 0.15) is 23.8 Å². The fourth-order valence-corrected chi connectivity index (χ4v) is 3.72. The Morgan fingerprint density at radius 3 is 2.40 bits per heavy atom. The van der Waals surface area contributed by atoms with Crippen LogP contribution in [0, 0.1) is 0 Å². The van der Waals surface area contributed by atoms with Crippen LogP contribution in [0.25, 0.3) is 11.0 Å². The zero-order valence-corrected chi connectivity index (χ0v) is 20.5. The molecule has 2 aromatic carbocycles. The zero-order valence-electron chi connectivity index (χ0n) is 20.5. The molecule has 4 rings (SSSR count). The van der Waals surface area contributed by atoms with Gasteiger partial charge in [-0.05, 0) is 24.6 Å². The number of fused-ring (bicyclic) bond motifs is 1. The summed E-state index contributed by atoms with van der Waals surface area (Å²) in [5.74, 6) is 3.02. The lowest BCUT2D eigenvalue weighted by Gasteiger charge is -2.15. The normalized spacial score (nSPS) is 10.8.